The second-order valence-corrected chi connectivity index (χ2v) is 9.76. The van der Waals surface area contributed by atoms with E-state index >= 15 is 0 Å². The van der Waals surface area contributed by atoms with Gasteiger partial charge in [-0.3, -0.25) is 13.8 Å². The second-order valence-electron chi connectivity index (χ2n) is 5.06. The molecule has 0 aliphatic carbocycles. The lowest BCUT2D eigenvalue weighted by Crippen LogP contribution is -2.32. The summed E-state index contributed by atoms with van der Waals surface area (Å²) < 4.78 is 149. The van der Waals surface area contributed by atoms with Crippen LogP contribution in [0.25, 0.3) is 0 Å². The van der Waals surface area contributed by atoms with E-state index in [1.165, 1.54) is 13.3 Å². The Hall–Kier alpha value is 0.650. The Balaban J connectivity index is -0.0000000474. The molecular weight excluding hydrogens is 720 g/mol. The highest BCUT2D eigenvalue weighted by molar-refractivity contribution is 6.75. The van der Waals surface area contributed by atoms with Crippen molar-refractivity contribution in [1.29, 1.82) is 0 Å². The lowest BCUT2D eigenvalue weighted by molar-refractivity contribution is -0.273. The number of alkyl halides is 20. The molecule has 1 atom stereocenters. The molecule has 0 amide bonds. The smallest absolute Gasteiger partial charge is 0.269 e. The monoisotopic (exact) mass is 736 g/mol. The van der Waals surface area contributed by atoms with Gasteiger partial charge in [-0.2, -0.15) is 48.3 Å². The highest BCUT2D eigenvalue weighted by Gasteiger charge is 2.53. The highest BCUT2D eigenvalue weighted by atomic mass is 35.6. The first-order valence-electron chi connectivity index (χ1n) is 7.20. The average Bonchev–Trinajstić information content (AvgIpc) is 2.53. The van der Waals surface area contributed by atoms with E-state index in [2.05, 4.69) is 23.2 Å². The lowest BCUT2D eigenvalue weighted by Gasteiger charge is -2.21. The lowest BCUT2D eigenvalue weighted by atomic mass is 10.4. The molecule has 0 N–H and O–H groups in total. The van der Waals surface area contributed by atoms with Crippen molar-refractivity contribution in [3.8, 4) is 0 Å². The van der Waals surface area contributed by atoms with Crippen LogP contribution in [0, 0.1) is 0 Å². The van der Waals surface area contributed by atoms with Gasteiger partial charge in [0.15, 0.2) is 10.2 Å². The fourth-order valence-corrected chi connectivity index (χ4v) is 0. The van der Waals surface area contributed by atoms with Crippen LogP contribution in [-0.2, 0) is 0 Å². The van der Waals surface area contributed by atoms with Crippen molar-refractivity contribution in [2.24, 2.45) is 0 Å². The first-order valence-corrected chi connectivity index (χ1v) is 10.2. The molecule has 37 heavy (non-hydrogen) atoms. The maximum Gasteiger partial charge on any atom is 0.452 e. The Labute approximate surface area is 236 Å². The third-order valence-electron chi connectivity index (χ3n) is 1.80. The summed E-state index contributed by atoms with van der Waals surface area (Å²) in [7, 11) is 0.500. The van der Waals surface area contributed by atoms with Crippen LogP contribution in [-0.4, -0.2) is 51.3 Å². The van der Waals surface area contributed by atoms with Crippen molar-refractivity contribution in [3.05, 3.63) is 12.4 Å². The number of allylic oxidation sites excluding steroid dienone is 1. The number of hydrogen-bond donors (Lipinski definition) is 0. The van der Waals surface area contributed by atoms with Crippen LogP contribution in [0.3, 0.4) is 0 Å². The normalized spacial score (nSPS) is 13.0. The van der Waals surface area contributed by atoms with E-state index in [1.807, 2.05) is 6.58 Å². The molecule has 0 aliphatic rings. The van der Waals surface area contributed by atoms with Crippen molar-refractivity contribution >= 4 is 81.2 Å². The Kier molecular flexibility index (Phi) is 34.8. The summed E-state index contributed by atoms with van der Waals surface area (Å²) in [5.74, 6) is -6.82. The molecule has 0 spiro atoms. The summed E-state index contributed by atoms with van der Waals surface area (Å²) in [5.41, 5.74) is 0. The fraction of sp³-hybridized carbons (Fsp3) is 0.857. The van der Waals surface area contributed by atoms with Gasteiger partial charge in [0.1, 0.15) is 0 Å². The van der Waals surface area contributed by atoms with Crippen LogP contribution in [0.4, 0.5) is 70.9 Å². The Bertz CT molecular complexity index is 428. The van der Waals surface area contributed by atoms with Crippen LogP contribution in [0.5, 0.6) is 0 Å². The molecule has 0 heterocycles. The molecule has 0 aliphatic heterocycles. The molecule has 0 bridgehead atoms. The van der Waals surface area contributed by atoms with Gasteiger partial charge in [-0.25, -0.2) is 8.78 Å². The number of rotatable bonds is 0. The minimum atomic E-state index is -5.40. The second kappa shape index (κ2) is 22.4. The largest absolute Gasteiger partial charge is 0.452 e. The van der Waals surface area contributed by atoms with E-state index in [0.717, 1.165) is 0 Å². The molecule has 23 heteroatoms. The maximum atomic E-state index is 11.5. The summed E-state index contributed by atoms with van der Waals surface area (Å²) in [5, 5.41) is -3.59. The summed E-state index contributed by atoms with van der Waals surface area (Å²) in [6.07, 6.45) is -13.7. The van der Waals surface area contributed by atoms with Crippen LogP contribution >= 0.6 is 81.2 Å². The molecule has 0 fully saturated rings. The first-order chi connectivity index (χ1) is 14.7. The summed E-state index contributed by atoms with van der Waals surface area (Å²) in [6.45, 7) is 3.50. The quantitative estimate of drug-likeness (QED) is 0.171. The molecule has 0 nitrogen and oxygen atoms in total. The van der Waals surface area contributed by atoms with E-state index in [1.54, 1.807) is 0 Å². The van der Waals surface area contributed by atoms with E-state index < -0.39 is 43.5 Å². The zero-order valence-electron chi connectivity index (χ0n) is 18.5. The minimum absolute atomic E-state index is 0. The standard InChI is InChI=1S/C3H3Cl5.C3H3ClF4.C3H3F5.C3H2F4.CH3Cl.CH3F.2FH/c3*1-2(4,5)3(6,7)8;1-2(4)3(5,6)7;2*1-2;;/h3*1H3;1H2;2*1H3;2*1H. The molecule has 0 saturated carbocycles. The van der Waals surface area contributed by atoms with Gasteiger partial charge < -0.3 is 0 Å². The fourth-order valence-electron chi connectivity index (χ4n) is 0. The van der Waals surface area contributed by atoms with Crippen molar-refractivity contribution in [2.75, 3.05) is 13.6 Å². The topological polar surface area (TPSA) is 0 Å². The molecular formula is C14H19Cl7F16. The van der Waals surface area contributed by atoms with E-state index in [-0.39, 0.29) is 23.3 Å². The molecule has 0 radical (unpaired) electrons. The predicted octanol–water partition coefficient (Wildman–Crippen LogP) is 12.0. The van der Waals surface area contributed by atoms with E-state index in [0.29, 0.717) is 7.18 Å². The Morgan fingerprint density at radius 3 is 0.676 bits per heavy atom. The predicted molar refractivity (Wildman–Crippen MR) is 119 cm³/mol. The van der Waals surface area contributed by atoms with Crippen molar-refractivity contribution in [3.63, 3.8) is 0 Å². The van der Waals surface area contributed by atoms with Crippen LogP contribution in [0.15, 0.2) is 12.4 Å². The molecule has 0 aromatic carbocycles. The van der Waals surface area contributed by atoms with Gasteiger partial charge in [0.05, 0.1) is 7.18 Å². The molecule has 1 unspecified atom stereocenters. The minimum Gasteiger partial charge on any atom is -0.269 e. The Morgan fingerprint density at radius 1 is 0.568 bits per heavy atom. The van der Waals surface area contributed by atoms with Gasteiger partial charge in [0, 0.05) is 13.3 Å². The number of halogens is 23. The third kappa shape index (κ3) is 38.9. The van der Waals surface area contributed by atoms with Crippen LogP contribution < -0.4 is 0 Å². The molecule has 236 valence electrons. The van der Waals surface area contributed by atoms with Crippen LogP contribution in [0.1, 0.15) is 20.8 Å². The van der Waals surface area contributed by atoms with E-state index in [4.69, 9.17) is 58.0 Å². The highest BCUT2D eigenvalue weighted by Crippen LogP contribution is 2.45. The molecule has 0 aromatic rings. The number of hydrogen-bond acceptors (Lipinski definition) is 0. The summed E-state index contributed by atoms with van der Waals surface area (Å²) in [6, 6.07) is 0. The van der Waals surface area contributed by atoms with Gasteiger partial charge in [-0.15, -0.1) is 11.6 Å². The maximum absolute atomic E-state index is 11.5. The summed E-state index contributed by atoms with van der Waals surface area (Å²) >= 11 is 35.4. The average molecular weight is 739 g/mol. The SMILES string of the molecule is C=C(F)C(F)(F)F.CC(Cl)(Cl)C(Cl)(Cl)Cl.CC(F)(Cl)C(F)(F)F.CC(F)(F)C(F)(F)F.CCl.CF.F.F. The third-order valence-corrected chi connectivity index (χ3v) is 4.30. The van der Waals surface area contributed by atoms with Gasteiger partial charge in [-0.1, -0.05) is 76.2 Å². The van der Waals surface area contributed by atoms with Gasteiger partial charge >= 0.3 is 24.5 Å². The first kappa shape index (κ1) is 57.5. The van der Waals surface area contributed by atoms with Crippen LogP contribution in [0.2, 0.25) is 0 Å². The zero-order chi connectivity index (χ0) is 31.1. The molecule has 0 saturated heterocycles. The van der Waals surface area contributed by atoms with Crippen molar-refractivity contribution < 1.29 is 70.9 Å². The zero-order valence-corrected chi connectivity index (χ0v) is 23.8. The molecule has 0 rings (SSSR count). The van der Waals surface area contributed by atoms with E-state index in [9.17, 15) is 61.5 Å². The Morgan fingerprint density at radius 2 is 0.676 bits per heavy atom. The van der Waals surface area contributed by atoms with Crippen molar-refractivity contribution in [1.82, 2.24) is 0 Å². The van der Waals surface area contributed by atoms with Crippen molar-refractivity contribution in [2.45, 2.75) is 58.5 Å². The van der Waals surface area contributed by atoms with Gasteiger partial charge in [0.2, 0.25) is 3.79 Å². The molecule has 0 aromatic heterocycles. The van der Waals surface area contributed by atoms with Gasteiger partial charge in [-0.05, 0) is 13.8 Å². The van der Waals surface area contributed by atoms with Gasteiger partial charge in [0.25, 0.3) is 5.13 Å². The summed E-state index contributed by atoms with van der Waals surface area (Å²) in [4.78, 5) is 0.